The Balaban J connectivity index is 1.49. The highest BCUT2D eigenvalue weighted by Gasteiger charge is 2.38. The number of likely N-dealkylation sites (tertiary alicyclic amines) is 1. The normalized spacial score (nSPS) is 17.6. The third-order valence-corrected chi connectivity index (χ3v) is 7.36. The molecule has 4 N–H and O–H groups in total. The zero-order valence-electron chi connectivity index (χ0n) is 20.5. The number of nitrogens with zero attached hydrogens (tertiary/aromatic N) is 4. The number of carbonyl (C=O) groups excluding carboxylic acids is 2. The number of amides is 2. The lowest BCUT2D eigenvalue weighted by molar-refractivity contribution is -0.116. The first-order valence-electron chi connectivity index (χ1n) is 12.0. The SMILES string of the molecule is CS(=O)(=O)Nc1cc(F)cc(CN2CCC(CC#N)(n3cc(C(N)=O)c(NC(=O)CC4CC4)n3)CC2)c1. The van der Waals surface area contributed by atoms with Gasteiger partial charge in [0.05, 0.1) is 30.0 Å². The van der Waals surface area contributed by atoms with E-state index in [1.807, 2.05) is 0 Å². The van der Waals surface area contributed by atoms with Gasteiger partial charge >= 0.3 is 0 Å². The van der Waals surface area contributed by atoms with E-state index in [0.29, 0.717) is 50.4 Å². The van der Waals surface area contributed by atoms with Crippen molar-refractivity contribution in [1.82, 2.24) is 14.7 Å². The van der Waals surface area contributed by atoms with E-state index in [-0.39, 0.29) is 29.4 Å². The van der Waals surface area contributed by atoms with Gasteiger partial charge in [0.1, 0.15) is 11.4 Å². The fraction of sp³-hybridized carbons (Fsp3) is 0.500. The Kier molecular flexibility index (Phi) is 7.52. The van der Waals surface area contributed by atoms with E-state index >= 15 is 0 Å². The molecule has 2 fully saturated rings. The Hall–Kier alpha value is -3.50. The van der Waals surface area contributed by atoms with Crippen LogP contribution >= 0.6 is 0 Å². The number of sulfonamides is 1. The van der Waals surface area contributed by atoms with Crippen molar-refractivity contribution in [3.05, 3.63) is 41.3 Å². The van der Waals surface area contributed by atoms with Crippen LogP contribution in [0.3, 0.4) is 0 Å². The summed E-state index contributed by atoms with van der Waals surface area (Å²) < 4.78 is 41.0. The van der Waals surface area contributed by atoms with Crippen molar-refractivity contribution in [2.75, 3.05) is 29.4 Å². The lowest BCUT2D eigenvalue weighted by atomic mass is 9.84. The molecule has 13 heteroatoms. The fourth-order valence-corrected chi connectivity index (χ4v) is 5.24. The van der Waals surface area contributed by atoms with Gasteiger partial charge in [0, 0.05) is 32.3 Å². The van der Waals surface area contributed by atoms with E-state index in [0.717, 1.165) is 25.2 Å². The molecule has 0 spiro atoms. The van der Waals surface area contributed by atoms with Gasteiger partial charge < -0.3 is 11.1 Å². The van der Waals surface area contributed by atoms with Crippen molar-refractivity contribution in [3.63, 3.8) is 0 Å². The Morgan fingerprint density at radius 1 is 1.27 bits per heavy atom. The number of carbonyl (C=O) groups is 2. The first-order chi connectivity index (χ1) is 17.5. The van der Waals surface area contributed by atoms with Gasteiger partial charge in [-0.3, -0.25) is 23.9 Å². The molecular weight excluding hydrogens is 501 g/mol. The van der Waals surface area contributed by atoms with Crippen molar-refractivity contribution in [2.45, 2.75) is 50.6 Å². The number of anilines is 2. The molecule has 0 unspecified atom stereocenters. The molecule has 2 aromatic rings. The number of nitriles is 1. The number of primary amides is 1. The molecular formula is C24H30FN7O4S. The summed E-state index contributed by atoms with van der Waals surface area (Å²) in [6.45, 7) is 1.47. The van der Waals surface area contributed by atoms with Crippen molar-refractivity contribution in [3.8, 4) is 6.07 Å². The van der Waals surface area contributed by atoms with Crippen LogP contribution in [0, 0.1) is 23.1 Å². The second-order valence-electron chi connectivity index (χ2n) is 9.95. The minimum Gasteiger partial charge on any atom is -0.365 e. The van der Waals surface area contributed by atoms with Crippen LogP contribution in [-0.4, -0.2) is 54.3 Å². The monoisotopic (exact) mass is 531 g/mol. The maximum absolute atomic E-state index is 14.1. The van der Waals surface area contributed by atoms with Gasteiger partial charge in [-0.25, -0.2) is 12.8 Å². The van der Waals surface area contributed by atoms with E-state index in [1.165, 1.54) is 12.3 Å². The molecule has 4 rings (SSSR count). The third-order valence-electron chi connectivity index (χ3n) is 6.76. The predicted octanol–water partition coefficient (Wildman–Crippen LogP) is 2.14. The van der Waals surface area contributed by atoms with Gasteiger partial charge in [0.25, 0.3) is 5.91 Å². The molecule has 2 aliphatic rings. The summed E-state index contributed by atoms with van der Waals surface area (Å²) >= 11 is 0. The second-order valence-corrected chi connectivity index (χ2v) is 11.7. The molecule has 0 radical (unpaired) electrons. The topological polar surface area (TPSA) is 163 Å². The number of hydrogen-bond acceptors (Lipinski definition) is 7. The highest BCUT2D eigenvalue weighted by molar-refractivity contribution is 7.92. The van der Waals surface area contributed by atoms with Crippen LogP contribution in [0.5, 0.6) is 0 Å². The fourth-order valence-electron chi connectivity index (χ4n) is 4.69. The Morgan fingerprint density at radius 3 is 2.57 bits per heavy atom. The summed E-state index contributed by atoms with van der Waals surface area (Å²) in [7, 11) is -3.54. The highest BCUT2D eigenvalue weighted by atomic mass is 32.2. The minimum absolute atomic E-state index is 0.0922. The van der Waals surface area contributed by atoms with E-state index in [4.69, 9.17) is 5.73 Å². The number of nitrogens with one attached hydrogen (secondary N) is 2. The highest BCUT2D eigenvalue weighted by Crippen LogP contribution is 2.36. The van der Waals surface area contributed by atoms with Crippen molar-refractivity contribution < 1.29 is 22.4 Å². The zero-order chi connectivity index (χ0) is 26.8. The molecule has 1 aliphatic heterocycles. The summed E-state index contributed by atoms with van der Waals surface area (Å²) in [6.07, 6.45) is 6.05. The van der Waals surface area contributed by atoms with E-state index < -0.39 is 27.3 Å². The number of benzene rings is 1. The van der Waals surface area contributed by atoms with Gasteiger partial charge in [-0.05, 0) is 55.4 Å². The van der Waals surface area contributed by atoms with Crippen LogP contribution in [0.1, 0.15) is 54.4 Å². The standard InChI is InChI=1S/C24H30FN7O4S/c1-37(35,36)30-19-11-17(10-18(25)13-19)14-31-8-5-24(4-7-26,6-9-31)32-15-20(22(27)34)23(29-32)28-21(33)12-16-2-3-16/h10-11,13,15-16,30H,2-6,8-9,12,14H2,1H3,(H2,27,34)(H,28,29,33). The summed E-state index contributed by atoms with van der Waals surface area (Å²) in [5.41, 5.74) is 5.69. The molecule has 2 amide bonds. The third kappa shape index (κ3) is 6.84. The van der Waals surface area contributed by atoms with Gasteiger partial charge in [-0.15, -0.1) is 0 Å². The van der Waals surface area contributed by atoms with E-state index in [9.17, 15) is 27.7 Å². The predicted molar refractivity (Wildman–Crippen MR) is 134 cm³/mol. The van der Waals surface area contributed by atoms with Gasteiger partial charge in [0.15, 0.2) is 5.82 Å². The molecule has 1 saturated heterocycles. The average molecular weight is 532 g/mol. The molecule has 37 heavy (non-hydrogen) atoms. The van der Waals surface area contributed by atoms with Gasteiger partial charge in [-0.1, -0.05) is 0 Å². The van der Waals surface area contributed by atoms with Gasteiger partial charge in [0.2, 0.25) is 15.9 Å². The number of hydrogen-bond donors (Lipinski definition) is 3. The molecule has 1 aromatic heterocycles. The second kappa shape index (κ2) is 10.5. The lowest BCUT2D eigenvalue weighted by Gasteiger charge is -2.40. The van der Waals surface area contributed by atoms with Crippen LogP contribution in [0.25, 0.3) is 0 Å². The summed E-state index contributed by atoms with van der Waals surface area (Å²) in [5, 5.41) is 16.8. The maximum atomic E-state index is 14.1. The first-order valence-corrected chi connectivity index (χ1v) is 13.9. The van der Waals surface area contributed by atoms with Crippen LogP contribution in [0.2, 0.25) is 0 Å². The molecule has 1 saturated carbocycles. The molecule has 1 aromatic carbocycles. The largest absolute Gasteiger partial charge is 0.365 e. The van der Waals surface area contributed by atoms with Crippen LogP contribution in [0.15, 0.2) is 24.4 Å². The van der Waals surface area contributed by atoms with Crippen molar-refractivity contribution >= 4 is 33.3 Å². The lowest BCUT2D eigenvalue weighted by Crippen LogP contribution is -2.46. The molecule has 198 valence electrons. The first kappa shape index (κ1) is 26.6. The molecule has 2 heterocycles. The zero-order valence-corrected chi connectivity index (χ0v) is 21.4. The average Bonchev–Trinajstić information content (AvgIpc) is 3.49. The summed E-state index contributed by atoms with van der Waals surface area (Å²) in [4.78, 5) is 26.5. The van der Waals surface area contributed by atoms with Crippen molar-refractivity contribution in [1.29, 1.82) is 5.26 Å². The molecule has 0 bridgehead atoms. The summed E-state index contributed by atoms with van der Waals surface area (Å²) in [5.74, 6) is -1.03. The maximum Gasteiger partial charge on any atom is 0.254 e. The minimum atomic E-state index is -3.54. The van der Waals surface area contributed by atoms with E-state index in [2.05, 4.69) is 26.1 Å². The number of aromatic nitrogens is 2. The van der Waals surface area contributed by atoms with E-state index in [1.54, 1.807) is 10.7 Å². The Labute approximate surface area is 214 Å². The molecule has 0 atom stereocenters. The number of halogens is 1. The van der Waals surface area contributed by atoms with Crippen LogP contribution in [0.4, 0.5) is 15.9 Å². The van der Waals surface area contributed by atoms with Crippen molar-refractivity contribution in [2.24, 2.45) is 11.7 Å². The Morgan fingerprint density at radius 2 is 1.97 bits per heavy atom. The van der Waals surface area contributed by atoms with Crippen LogP contribution in [-0.2, 0) is 26.9 Å². The number of piperidine rings is 1. The molecule has 1 aliphatic carbocycles. The smallest absolute Gasteiger partial charge is 0.254 e. The summed E-state index contributed by atoms with van der Waals surface area (Å²) in [6, 6.07) is 6.27. The van der Waals surface area contributed by atoms with Crippen LogP contribution < -0.4 is 15.8 Å². The number of rotatable bonds is 10. The Bertz CT molecular complexity index is 1340. The van der Waals surface area contributed by atoms with Gasteiger partial charge in [-0.2, -0.15) is 10.4 Å². The molecule has 11 nitrogen and oxygen atoms in total. The quantitative estimate of drug-likeness (QED) is 0.423. The number of nitrogens with two attached hydrogens (primary N) is 1.